The van der Waals surface area contributed by atoms with Crippen molar-refractivity contribution >= 4 is 15.9 Å². The fourth-order valence-corrected chi connectivity index (χ4v) is 4.17. The molecule has 33 heavy (non-hydrogen) atoms. The van der Waals surface area contributed by atoms with Crippen LogP contribution in [0.5, 0.6) is 0 Å². The molecule has 1 aliphatic heterocycles. The number of hydrogen-bond donors (Lipinski definition) is 0. The molecule has 5 rings (SSSR count). The zero-order chi connectivity index (χ0) is 23.0. The van der Waals surface area contributed by atoms with Gasteiger partial charge in [-0.1, -0.05) is 40.2 Å². The predicted octanol–water partition coefficient (Wildman–Crippen LogP) is 6.74. The quantitative estimate of drug-likeness (QED) is 0.303. The smallest absolute Gasteiger partial charge is 0.416 e. The Kier molecular flexibility index (Phi) is 5.80. The highest BCUT2D eigenvalue weighted by atomic mass is 79.9. The molecular weight excluding hydrogens is 495 g/mol. The molecule has 0 aliphatic carbocycles. The van der Waals surface area contributed by atoms with Crippen LogP contribution in [0, 0.1) is 0 Å². The molecule has 4 nitrogen and oxygen atoms in total. The summed E-state index contributed by atoms with van der Waals surface area (Å²) in [5.41, 5.74) is 2.88. The topological polar surface area (TPSA) is 42.2 Å². The summed E-state index contributed by atoms with van der Waals surface area (Å²) in [6, 6.07) is 16.9. The Balaban J connectivity index is 1.27. The van der Waals surface area contributed by atoms with E-state index in [1.165, 1.54) is 12.1 Å². The number of aromatic nitrogens is 2. The Morgan fingerprint density at radius 1 is 0.939 bits per heavy atom. The van der Waals surface area contributed by atoms with Crippen LogP contribution in [0.4, 0.5) is 13.2 Å². The van der Waals surface area contributed by atoms with Crippen molar-refractivity contribution in [1.82, 2.24) is 14.9 Å². The van der Waals surface area contributed by atoms with Gasteiger partial charge in [0.25, 0.3) is 0 Å². The molecule has 3 heterocycles. The molecule has 8 heteroatoms. The van der Waals surface area contributed by atoms with E-state index in [-0.39, 0.29) is 0 Å². The van der Waals surface area contributed by atoms with E-state index >= 15 is 0 Å². The minimum Gasteiger partial charge on any atom is -0.460 e. The third-order valence-corrected chi connectivity index (χ3v) is 6.18. The van der Waals surface area contributed by atoms with Gasteiger partial charge in [0.05, 0.1) is 17.8 Å². The first-order valence-electron chi connectivity index (χ1n) is 10.4. The zero-order valence-electron chi connectivity index (χ0n) is 17.4. The molecule has 0 spiro atoms. The lowest BCUT2D eigenvalue weighted by atomic mass is 10.1. The molecule has 0 unspecified atom stereocenters. The number of nitrogens with zero attached hydrogens (tertiary/aromatic N) is 3. The molecule has 0 N–H and O–H groups in total. The average molecular weight is 514 g/mol. The van der Waals surface area contributed by atoms with Crippen molar-refractivity contribution < 1.29 is 17.6 Å². The SMILES string of the molecule is FC(F)(F)c1ccc(-c2ncc3c(n2)CCN(Cc2ccc(-c4ccc(Br)cc4)o2)C3)cc1. The molecular formula is C25H19BrF3N3O. The Morgan fingerprint density at radius 3 is 2.39 bits per heavy atom. The number of hydrogen-bond acceptors (Lipinski definition) is 4. The first-order valence-corrected chi connectivity index (χ1v) is 11.2. The molecule has 0 saturated heterocycles. The Labute approximate surface area is 197 Å². The van der Waals surface area contributed by atoms with Gasteiger partial charge in [-0.2, -0.15) is 13.2 Å². The first kappa shape index (κ1) is 21.9. The van der Waals surface area contributed by atoms with Crippen molar-refractivity contribution in [1.29, 1.82) is 0 Å². The molecule has 1 aliphatic rings. The van der Waals surface area contributed by atoms with Gasteiger partial charge in [0.15, 0.2) is 5.82 Å². The van der Waals surface area contributed by atoms with Gasteiger partial charge >= 0.3 is 6.18 Å². The second-order valence-electron chi connectivity index (χ2n) is 7.97. The van der Waals surface area contributed by atoms with E-state index in [2.05, 4.69) is 30.8 Å². The molecule has 4 aromatic rings. The summed E-state index contributed by atoms with van der Waals surface area (Å²) in [5, 5.41) is 0. The van der Waals surface area contributed by atoms with Crippen molar-refractivity contribution in [2.24, 2.45) is 0 Å². The molecule has 168 valence electrons. The molecule has 0 bridgehead atoms. The van der Waals surface area contributed by atoms with Gasteiger partial charge in [0, 0.05) is 46.9 Å². The molecule has 0 amide bonds. The first-order chi connectivity index (χ1) is 15.8. The van der Waals surface area contributed by atoms with Crippen LogP contribution < -0.4 is 0 Å². The van der Waals surface area contributed by atoms with Crippen molar-refractivity contribution in [3.63, 3.8) is 0 Å². The summed E-state index contributed by atoms with van der Waals surface area (Å²) in [5.74, 6) is 2.17. The van der Waals surface area contributed by atoms with Crippen LogP contribution in [0.1, 0.15) is 22.6 Å². The summed E-state index contributed by atoms with van der Waals surface area (Å²) < 4.78 is 45.5. The van der Waals surface area contributed by atoms with Crippen LogP contribution in [0.15, 0.2) is 75.8 Å². The summed E-state index contributed by atoms with van der Waals surface area (Å²) in [4.78, 5) is 11.3. The maximum absolute atomic E-state index is 12.8. The number of benzene rings is 2. The lowest BCUT2D eigenvalue weighted by Gasteiger charge is -2.27. The molecule has 0 saturated carbocycles. The summed E-state index contributed by atoms with van der Waals surface area (Å²) in [6.45, 7) is 2.18. The maximum atomic E-state index is 12.8. The van der Waals surface area contributed by atoms with Gasteiger partial charge in [-0.3, -0.25) is 4.90 Å². The lowest BCUT2D eigenvalue weighted by molar-refractivity contribution is -0.137. The molecule has 0 fully saturated rings. The van der Waals surface area contributed by atoms with Crippen LogP contribution in [-0.2, 0) is 25.7 Å². The van der Waals surface area contributed by atoms with Crippen LogP contribution in [-0.4, -0.2) is 21.4 Å². The summed E-state index contributed by atoms with van der Waals surface area (Å²) in [7, 11) is 0. The van der Waals surface area contributed by atoms with E-state index in [9.17, 15) is 13.2 Å². The molecule has 2 aromatic heterocycles. The number of rotatable bonds is 4. The molecule has 0 atom stereocenters. The largest absolute Gasteiger partial charge is 0.460 e. The normalized spacial score (nSPS) is 14.3. The lowest BCUT2D eigenvalue weighted by Crippen LogP contribution is -2.30. The Morgan fingerprint density at radius 2 is 1.67 bits per heavy atom. The number of fused-ring (bicyclic) bond motifs is 1. The van der Waals surface area contributed by atoms with Crippen molar-refractivity contribution in [2.45, 2.75) is 25.7 Å². The van der Waals surface area contributed by atoms with Gasteiger partial charge in [0.1, 0.15) is 11.5 Å². The van der Waals surface area contributed by atoms with Crippen molar-refractivity contribution in [2.75, 3.05) is 6.54 Å². The monoisotopic (exact) mass is 513 g/mol. The summed E-state index contributed by atoms with van der Waals surface area (Å²) >= 11 is 3.44. The standard InChI is InChI=1S/C25H19BrF3N3O/c26-20-7-3-16(4-8-20)23-10-9-21(33-23)15-32-12-11-22-18(14-32)13-30-24(31-22)17-1-5-19(6-2-17)25(27,28)29/h1-10,13H,11-12,14-15H2. The van der Waals surface area contributed by atoms with E-state index in [4.69, 9.17) is 4.42 Å². The van der Waals surface area contributed by atoms with Crippen LogP contribution in [0.3, 0.4) is 0 Å². The third-order valence-electron chi connectivity index (χ3n) is 5.65. The molecule has 0 radical (unpaired) electrons. The van der Waals surface area contributed by atoms with Crippen molar-refractivity contribution in [3.8, 4) is 22.7 Å². The van der Waals surface area contributed by atoms with Gasteiger partial charge < -0.3 is 4.42 Å². The highest BCUT2D eigenvalue weighted by Crippen LogP contribution is 2.31. The van der Waals surface area contributed by atoms with E-state index in [0.717, 1.165) is 57.9 Å². The van der Waals surface area contributed by atoms with Crippen LogP contribution in [0.25, 0.3) is 22.7 Å². The Hall–Kier alpha value is -2.97. The minimum absolute atomic E-state index is 0.445. The third kappa shape index (κ3) is 4.86. The number of alkyl halides is 3. The van der Waals surface area contributed by atoms with E-state index in [1.807, 2.05) is 36.4 Å². The van der Waals surface area contributed by atoms with Gasteiger partial charge in [-0.05, 0) is 36.4 Å². The second kappa shape index (κ2) is 8.76. The highest BCUT2D eigenvalue weighted by molar-refractivity contribution is 9.10. The van der Waals surface area contributed by atoms with E-state index in [0.29, 0.717) is 24.5 Å². The fraction of sp³-hybridized carbons (Fsp3) is 0.200. The van der Waals surface area contributed by atoms with Crippen LogP contribution in [0.2, 0.25) is 0 Å². The van der Waals surface area contributed by atoms with E-state index in [1.54, 1.807) is 6.20 Å². The van der Waals surface area contributed by atoms with Crippen LogP contribution >= 0.6 is 15.9 Å². The zero-order valence-corrected chi connectivity index (χ0v) is 19.0. The van der Waals surface area contributed by atoms with Gasteiger partial charge in [-0.15, -0.1) is 0 Å². The summed E-state index contributed by atoms with van der Waals surface area (Å²) in [6.07, 6.45) is -1.84. The molecule has 2 aromatic carbocycles. The predicted molar refractivity (Wildman–Crippen MR) is 122 cm³/mol. The highest BCUT2D eigenvalue weighted by Gasteiger charge is 2.30. The number of halogens is 4. The fourth-order valence-electron chi connectivity index (χ4n) is 3.91. The average Bonchev–Trinajstić information content (AvgIpc) is 3.27. The number of furan rings is 1. The van der Waals surface area contributed by atoms with Crippen molar-refractivity contribution in [3.05, 3.63) is 93.9 Å². The van der Waals surface area contributed by atoms with Gasteiger partial charge in [-0.25, -0.2) is 9.97 Å². The minimum atomic E-state index is -4.36. The Bertz CT molecular complexity index is 1270. The van der Waals surface area contributed by atoms with E-state index < -0.39 is 11.7 Å². The van der Waals surface area contributed by atoms with Gasteiger partial charge in [0.2, 0.25) is 0 Å². The maximum Gasteiger partial charge on any atom is 0.416 e. The second-order valence-corrected chi connectivity index (χ2v) is 8.89.